The van der Waals surface area contributed by atoms with Crippen molar-refractivity contribution < 1.29 is 0 Å². The van der Waals surface area contributed by atoms with Crippen molar-refractivity contribution in [1.29, 1.82) is 0 Å². The Kier molecular flexibility index (Phi) is 3.78. The average molecular weight is 287 g/mol. The van der Waals surface area contributed by atoms with Crippen molar-refractivity contribution in [2.24, 2.45) is 5.92 Å². The first kappa shape index (κ1) is 13.5. The molecular formula is C16H25N5. The molecule has 3 unspecified atom stereocenters. The Hall–Kier alpha value is -1.20. The fourth-order valence-electron chi connectivity index (χ4n) is 4.17. The van der Waals surface area contributed by atoms with Crippen molar-refractivity contribution in [3.63, 3.8) is 0 Å². The molecule has 4 rings (SSSR count). The monoisotopic (exact) mass is 287 g/mol. The molecule has 3 atom stereocenters. The van der Waals surface area contributed by atoms with Gasteiger partial charge in [-0.25, -0.2) is 9.97 Å². The van der Waals surface area contributed by atoms with Gasteiger partial charge in [0, 0.05) is 44.1 Å². The Labute approximate surface area is 126 Å². The number of aromatic nitrogens is 2. The summed E-state index contributed by atoms with van der Waals surface area (Å²) in [7, 11) is 0. The third kappa shape index (κ3) is 2.90. The minimum Gasteiger partial charge on any atom is -0.341 e. The lowest BCUT2D eigenvalue weighted by atomic mass is 9.92. The molecule has 0 radical (unpaired) electrons. The normalized spacial score (nSPS) is 33.3. The lowest BCUT2D eigenvalue weighted by Gasteiger charge is -2.38. The van der Waals surface area contributed by atoms with Gasteiger partial charge in [0.25, 0.3) is 0 Å². The van der Waals surface area contributed by atoms with Crippen LogP contribution >= 0.6 is 0 Å². The van der Waals surface area contributed by atoms with Crippen LogP contribution in [0.5, 0.6) is 0 Å². The van der Waals surface area contributed by atoms with Gasteiger partial charge in [0.15, 0.2) is 0 Å². The van der Waals surface area contributed by atoms with Gasteiger partial charge in [0.2, 0.25) is 5.95 Å². The third-order valence-corrected chi connectivity index (χ3v) is 5.41. The minimum absolute atomic E-state index is 0.683. The van der Waals surface area contributed by atoms with Gasteiger partial charge in [-0.3, -0.25) is 0 Å². The number of anilines is 1. The van der Waals surface area contributed by atoms with E-state index in [4.69, 9.17) is 0 Å². The first-order chi connectivity index (χ1) is 10.4. The van der Waals surface area contributed by atoms with Crippen LogP contribution in [0.3, 0.4) is 0 Å². The zero-order valence-electron chi connectivity index (χ0n) is 12.6. The van der Waals surface area contributed by atoms with E-state index in [0.717, 1.165) is 31.0 Å². The second-order valence-corrected chi connectivity index (χ2v) is 6.72. The van der Waals surface area contributed by atoms with Gasteiger partial charge >= 0.3 is 0 Å². The molecule has 0 aromatic carbocycles. The molecule has 3 aliphatic rings. The molecule has 3 fully saturated rings. The number of hydrogen-bond acceptors (Lipinski definition) is 5. The molecule has 3 saturated heterocycles. The highest BCUT2D eigenvalue weighted by Crippen LogP contribution is 2.28. The van der Waals surface area contributed by atoms with Crippen molar-refractivity contribution in [3.05, 3.63) is 18.5 Å². The van der Waals surface area contributed by atoms with Crippen molar-refractivity contribution in [3.8, 4) is 0 Å². The molecule has 1 aromatic heterocycles. The minimum atomic E-state index is 0.683. The Morgan fingerprint density at radius 3 is 2.52 bits per heavy atom. The summed E-state index contributed by atoms with van der Waals surface area (Å²) >= 11 is 0. The summed E-state index contributed by atoms with van der Waals surface area (Å²) in [6, 6.07) is 3.32. The zero-order valence-corrected chi connectivity index (χ0v) is 12.6. The van der Waals surface area contributed by atoms with Crippen LogP contribution in [0.4, 0.5) is 5.95 Å². The molecule has 0 aliphatic carbocycles. The van der Waals surface area contributed by atoms with Crippen LogP contribution in [0.25, 0.3) is 0 Å². The lowest BCUT2D eigenvalue weighted by molar-refractivity contribution is 0.202. The van der Waals surface area contributed by atoms with Crippen molar-refractivity contribution >= 4 is 5.95 Å². The molecule has 1 aromatic rings. The molecule has 0 amide bonds. The van der Waals surface area contributed by atoms with Crippen LogP contribution in [0.2, 0.25) is 0 Å². The molecule has 1 N–H and O–H groups in total. The average Bonchev–Trinajstić information content (AvgIpc) is 2.94. The van der Waals surface area contributed by atoms with Crippen LogP contribution in [0.15, 0.2) is 18.5 Å². The van der Waals surface area contributed by atoms with Gasteiger partial charge in [-0.05, 0) is 50.8 Å². The summed E-state index contributed by atoms with van der Waals surface area (Å²) in [5.74, 6) is 1.79. The quantitative estimate of drug-likeness (QED) is 0.903. The van der Waals surface area contributed by atoms with Crippen LogP contribution in [0.1, 0.15) is 25.7 Å². The Morgan fingerprint density at radius 2 is 1.71 bits per heavy atom. The summed E-state index contributed by atoms with van der Waals surface area (Å²) in [6.45, 7) is 6.10. The summed E-state index contributed by atoms with van der Waals surface area (Å²) < 4.78 is 0. The van der Waals surface area contributed by atoms with E-state index in [1.54, 1.807) is 0 Å². The number of fused-ring (bicyclic) bond motifs is 2. The van der Waals surface area contributed by atoms with Gasteiger partial charge in [0.1, 0.15) is 0 Å². The number of hydrogen-bond donors (Lipinski definition) is 1. The number of nitrogens with one attached hydrogen (secondary N) is 1. The summed E-state index contributed by atoms with van der Waals surface area (Å²) in [5, 5.41) is 3.96. The van der Waals surface area contributed by atoms with Crippen LogP contribution in [-0.2, 0) is 0 Å². The second-order valence-electron chi connectivity index (χ2n) is 6.72. The maximum Gasteiger partial charge on any atom is 0.225 e. The maximum atomic E-state index is 4.36. The number of rotatable bonds is 3. The van der Waals surface area contributed by atoms with E-state index in [9.17, 15) is 0 Å². The Morgan fingerprint density at radius 1 is 0.952 bits per heavy atom. The third-order valence-electron chi connectivity index (χ3n) is 5.41. The SMILES string of the molecule is c1cnc(N2CCC(NC3CCN4CCC3C4)CC2)nc1. The molecule has 2 bridgehead atoms. The van der Waals surface area contributed by atoms with E-state index in [1.807, 2.05) is 18.5 Å². The number of piperidine rings is 2. The van der Waals surface area contributed by atoms with E-state index in [1.165, 1.54) is 45.3 Å². The van der Waals surface area contributed by atoms with Crippen LogP contribution in [0, 0.1) is 5.92 Å². The van der Waals surface area contributed by atoms with Crippen molar-refractivity contribution in [1.82, 2.24) is 20.2 Å². The summed E-state index contributed by atoms with van der Waals surface area (Å²) in [6.07, 6.45) is 8.83. The highest BCUT2D eigenvalue weighted by molar-refractivity contribution is 5.29. The lowest BCUT2D eigenvalue weighted by Crippen LogP contribution is -2.51. The van der Waals surface area contributed by atoms with Crippen molar-refractivity contribution in [2.45, 2.75) is 37.8 Å². The maximum absolute atomic E-state index is 4.36. The van der Waals surface area contributed by atoms with E-state index >= 15 is 0 Å². The van der Waals surface area contributed by atoms with Gasteiger partial charge in [0.05, 0.1) is 0 Å². The predicted octanol–water partition coefficient (Wildman–Crippen LogP) is 1.13. The van der Waals surface area contributed by atoms with E-state index < -0.39 is 0 Å². The summed E-state index contributed by atoms with van der Waals surface area (Å²) in [5.41, 5.74) is 0. The molecule has 0 spiro atoms. The van der Waals surface area contributed by atoms with Gasteiger partial charge < -0.3 is 15.1 Å². The highest BCUT2D eigenvalue weighted by atomic mass is 15.3. The van der Waals surface area contributed by atoms with Gasteiger partial charge in [-0.15, -0.1) is 0 Å². The molecule has 5 heteroatoms. The smallest absolute Gasteiger partial charge is 0.225 e. The molecule has 114 valence electrons. The van der Waals surface area contributed by atoms with Gasteiger partial charge in [-0.2, -0.15) is 0 Å². The first-order valence-electron chi connectivity index (χ1n) is 8.39. The molecule has 0 saturated carbocycles. The predicted molar refractivity (Wildman–Crippen MR) is 83.4 cm³/mol. The molecule has 4 heterocycles. The second kappa shape index (κ2) is 5.89. The van der Waals surface area contributed by atoms with Crippen LogP contribution in [-0.4, -0.2) is 59.7 Å². The molecular weight excluding hydrogens is 262 g/mol. The van der Waals surface area contributed by atoms with Gasteiger partial charge in [-0.1, -0.05) is 0 Å². The summed E-state index contributed by atoms with van der Waals surface area (Å²) in [4.78, 5) is 13.7. The Balaban J connectivity index is 1.29. The van der Waals surface area contributed by atoms with E-state index in [-0.39, 0.29) is 0 Å². The first-order valence-corrected chi connectivity index (χ1v) is 8.39. The van der Waals surface area contributed by atoms with E-state index in [2.05, 4.69) is 25.1 Å². The molecule has 3 aliphatic heterocycles. The Bertz CT molecular complexity index is 457. The molecule has 21 heavy (non-hydrogen) atoms. The topological polar surface area (TPSA) is 44.3 Å². The molecule has 5 nitrogen and oxygen atoms in total. The van der Waals surface area contributed by atoms with E-state index in [0.29, 0.717) is 6.04 Å². The van der Waals surface area contributed by atoms with Crippen molar-refractivity contribution in [2.75, 3.05) is 37.6 Å². The largest absolute Gasteiger partial charge is 0.341 e. The standard InChI is InChI=1S/C16H25N5/c1-6-17-16(18-7-1)21-10-3-14(4-11-21)19-15-5-9-20-8-2-13(15)12-20/h1,6-7,13-15,19H,2-5,8-12H2. The fraction of sp³-hybridized carbons (Fsp3) is 0.750. The fourth-order valence-corrected chi connectivity index (χ4v) is 4.17. The number of nitrogens with zero attached hydrogens (tertiary/aromatic N) is 4. The van der Waals surface area contributed by atoms with Crippen LogP contribution < -0.4 is 10.2 Å². The zero-order chi connectivity index (χ0) is 14.1. The highest BCUT2D eigenvalue weighted by Gasteiger charge is 2.35.